The molecule has 1 N–H and O–H groups in total. The number of methoxy groups -OCH3 is 1. The SMILES string of the molecule is COc1cc2nccc(NCc3cccc(C(F)F)c3F)c2cc1C1=CCN(SC)CC1. The van der Waals surface area contributed by atoms with E-state index in [9.17, 15) is 13.2 Å². The van der Waals surface area contributed by atoms with Gasteiger partial charge in [-0.15, -0.1) is 0 Å². The lowest BCUT2D eigenvalue weighted by molar-refractivity contribution is 0.146. The molecule has 2 aromatic carbocycles. The van der Waals surface area contributed by atoms with Crippen LogP contribution in [0.4, 0.5) is 18.9 Å². The first kappa shape index (κ1) is 22.5. The Bertz CT molecular complexity index is 1150. The predicted molar refractivity (Wildman–Crippen MR) is 125 cm³/mol. The standard InChI is InChI=1S/C24H24F3N3OS/c1-31-22-13-21-19(12-18(22)15-7-10-30(32-2)11-8-15)20(6-9-28-21)29-14-16-4-3-5-17(23(16)25)24(26)27/h3-7,9,12-13,24H,8,10-11,14H2,1-2H3,(H,28,29). The lowest BCUT2D eigenvalue weighted by Crippen LogP contribution is -2.21. The Balaban J connectivity index is 1.68. The van der Waals surface area contributed by atoms with Crippen molar-refractivity contribution >= 4 is 34.1 Å². The van der Waals surface area contributed by atoms with Crippen molar-refractivity contribution < 1.29 is 17.9 Å². The molecule has 1 aromatic heterocycles. The highest BCUT2D eigenvalue weighted by atomic mass is 32.2. The molecular weight excluding hydrogens is 435 g/mol. The fourth-order valence-electron chi connectivity index (χ4n) is 3.90. The van der Waals surface area contributed by atoms with Crippen molar-refractivity contribution in [3.05, 3.63) is 71.2 Å². The van der Waals surface area contributed by atoms with E-state index in [0.717, 1.165) is 53.5 Å². The monoisotopic (exact) mass is 459 g/mol. The highest BCUT2D eigenvalue weighted by Gasteiger charge is 2.18. The van der Waals surface area contributed by atoms with Crippen LogP contribution in [0.2, 0.25) is 0 Å². The smallest absolute Gasteiger partial charge is 0.266 e. The zero-order chi connectivity index (χ0) is 22.7. The molecule has 4 nitrogen and oxygen atoms in total. The second-order valence-electron chi connectivity index (χ2n) is 7.45. The first-order chi connectivity index (χ1) is 15.5. The van der Waals surface area contributed by atoms with E-state index in [-0.39, 0.29) is 12.1 Å². The number of ether oxygens (including phenoxy) is 1. The number of nitrogens with one attached hydrogen (secondary N) is 1. The van der Waals surface area contributed by atoms with Crippen molar-refractivity contribution in [3.63, 3.8) is 0 Å². The minimum absolute atomic E-state index is 0.0816. The number of aromatic nitrogens is 1. The van der Waals surface area contributed by atoms with Crippen molar-refractivity contribution in [2.75, 3.05) is 31.8 Å². The third-order valence-corrected chi connectivity index (χ3v) is 6.50. The van der Waals surface area contributed by atoms with Gasteiger partial charge in [-0.3, -0.25) is 4.98 Å². The Labute approximate surface area is 189 Å². The van der Waals surface area contributed by atoms with Gasteiger partial charge in [0.05, 0.1) is 18.2 Å². The maximum atomic E-state index is 14.4. The molecule has 32 heavy (non-hydrogen) atoms. The minimum atomic E-state index is -2.85. The molecule has 0 radical (unpaired) electrons. The molecular formula is C24H24F3N3OS. The van der Waals surface area contributed by atoms with E-state index < -0.39 is 17.8 Å². The van der Waals surface area contributed by atoms with E-state index in [0.29, 0.717) is 0 Å². The van der Waals surface area contributed by atoms with Crippen LogP contribution in [-0.4, -0.2) is 35.7 Å². The molecule has 0 amide bonds. The molecule has 0 bridgehead atoms. The average molecular weight is 460 g/mol. The van der Waals surface area contributed by atoms with Crippen molar-refractivity contribution in [2.24, 2.45) is 0 Å². The average Bonchev–Trinajstić information content (AvgIpc) is 2.82. The summed E-state index contributed by atoms with van der Waals surface area (Å²) in [4.78, 5) is 4.45. The number of benzene rings is 2. The molecule has 0 aliphatic carbocycles. The first-order valence-electron chi connectivity index (χ1n) is 10.3. The maximum absolute atomic E-state index is 14.4. The van der Waals surface area contributed by atoms with Gasteiger partial charge in [0.2, 0.25) is 0 Å². The van der Waals surface area contributed by atoms with Crippen LogP contribution in [0.15, 0.2) is 48.7 Å². The lowest BCUT2D eigenvalue weighted by atomic mass is 9.97. The number of rotatable bonds is 7. The Hall–Kier alpha value is -2.71. The molecule has 2 heterocycles. The molecule has 3 aromatic rings. The first-order valence-corrected chi connectivity index (χ1v) is 11.4. The second kappa shape index (κ2) is 9.83. The Morgan fingerprint density at radius 1 is 1.25 bits per heavy atom. The Kier molecular flexibility index (Phi) is 6.91. The normalized spacial score (nSPS) is 14.6. The van der Waals surface area contributed by atoms with Crippen LogP contribution in [0.3, 0.4) is 0 Å². The number of fused-ring (bicyclic) bond motifs is 1. The van der Waals surface area contributed by atoms with Crippen LogP contribution >= 0.6 is 11.9 Å². The van der Waals surface area contributed by atoms with Gasteiger partial charge in [-0.1, -0.05) is 36.2 Å². The molecule has 168 valence electrons. The molecule has 0 fully saturated rings. The van der Waals surface area contributed by atoms with Crippen LogP contribution < -0.4 is 10.1 Å². The molecule has 1 aliphatic heterocycles. The van der Waals surface area contributed by atoms with E-state index in [4.69, 9.17) is 4.74 Å². The summed E-state index contributed by atoms with van der Waals surface area (Å²) in [7, 11) is 1.64. The van der Waals surface area contributed by atoms with Crippen LogP contribution in [0.1, 0.15) is 29.5 Å². The van der Waals surface area contributed by atoms with E-state index in [1.54, 1.807) is 31.3 Å². The fraction of sp³-hybridized carbons (Fsp3) is 0.292. The fourth-order valence-corrected chi connectivity index (χ4v) is 4.40. The van der Waals surface area contributed by atoms with Crippen molar-refractivity contribution in [1.82, 2.24) is 9.29 Å². The van der Waals surface area contributed by atoms with Gasteiger partial charge in [0.1, 0.15) is 11.6 Å². The summed E-state index contributed by atoms with van der Waals surface area (Å²) in [6, 6.07) is 9.81. The summed E-state index contributed by atoms with van der Waals surface area (Å²) in [5.74, 6) is -0.122. The number of nitrogens with zero attached hydrogens (tertiary/aromatic N) is 2. The lowest BCUT2D eigenvalue weighted by Gasteiger charge is -2.25. The number of hydrogen-bond acceptors (Lipinski definition) is 5. The summed E-state index contributed by atoms with van der Waals surface area (Å²) < 4.78 is 48.4. The zero-order valence-corrected chi connectivity index (χ0v) is 18.7. The molecule has 0 spiro atoms. The van der Waals surface area contributed by atoms with Crippen LogP contribution in [0, 0.1) is 5.82 Å². The molecule has 0 saturated heterocycles. The molecule has 4 rings (SSSR count). The molecule has 0 saturated carbocycles. The maximum Gasteiger partial charge on any atom is 0.266 e. The predicted octanol–water partition coefficient (Wildman–Crippen LogP) is 6.30. The molecule has 0 unspecified atom stereocenters. The Morgan fingerprint density at radius 3 is 2.78 bits per heavy atom. The van der Waals surface area contributed by atoms with Crippen LogP contribution in [-0.2, 0) is 6.54 Å². The van der Waals surface area contributed by atoms with Crippen molar-refractivity contribution in [2.45, 2.75) is 19.4 Å². The summed E-state index contributed by atoms with van der Waals surface area (Å²) in [6.45, 7) is 1.89. The quantitative estimate of drug-likeness (QED) is 0.420. The third kappa shape index (κ3) is 4.56. The summed E-state index contributed by atoms with van der Waals surface area (Å²) in [6.07, 6.45) is 3.98. The highest BCUT2D eigenvalue weighted by Crippen LogP contribution is 2.36. The van der Waals surface area contributed by atoms with Gasteiger partial charge in [0, 0.05) is 54.1 Å². The van der Waals surface area contributed by atoms with Crippen LogP contribution in [0.25, 0.3) is 16.5 Å². The number of halogens is 3. The van der Waals surface area contributed by atoms with Gasteiger partial charge in [-0.2, -0.15) is 0 Å². The zero-order valence-electron chi connectivity index (χ0n) is 17.9. The van der Waals surface area contributed by atoms with Crippen molar-refractivity contribution in [1.29, 1.82) is 0 Å². The van der Waals surface area contributed by atoms with E-state index in [2.05, 4.69) is 26.9 Å². The second-order valence-corrected chi connectivity index (χ2v) is 8.33. The van der Waals surface area contributed by atoms with Crippen molar-refractivity contribution in [3.8, 4) is 5.75 Å². The molecule has 0 atom stereocenters. The van der Waals surface area contributed by atoms with Gasteiger partial charge in [0.15, 0.2) is 0 Å². The number of hydrogen-bond donors (Lipinski definition) is 1. The van der Waals surface area contributed by atoms with Gasteiger partial charge < -0.3 is 10.1 Å². The van der Waals surface area contributed by atoms with E-state index in [1.165, 1.54) is 17.7 Å². The Morgan fingerprint density at radius 2 is 2.09 bits per heavy atom. The largest absolute Gasteiger partial charge is 0.496 e. The number of anilines is 1. The van der Waals surface area contributed by atoms with Gasteiger partial charge in [-0.25, -0.2) is 17.5 Å². The third-order valence-electron chi connectivity index (χ3n) is 5.65. The minimum Gasteiger partial charge on any atom is -0.496 e. The number of alkyl halides is 2. The molecule has 8 heteroatoms. The van der Waals surface area contributed by atoms with E-state index in [1.807, 2.05) is 12.1 Å². The van der Waals surface area contributed by atoms with Gasteiger partial charge in [-0.05, 0) is 30.4 Å². The summed E-state index contributed by atoms with van der Waals surface area (Å²) in [5.41, 5.74) is 3.30. The molecule has 1 aliphatic rings. The van der Waals surface area contributed by atoms with Gasteiger partial charge >= 0.3 is 0 Å². The topological polar surface area (TPSA) is 37.4 Å². The number of pyridine rings is 1. The highest BCUT2D eigenvalue weighted by molar-refractivity contribution is 7.96. The summed E-state index contributed by atoms with van der Waals surface area (Å²) in [5, 5.41) is 4.06. The van der Waals surface area contributed by atoms with Gasteiger partial charge in [0.25, 0.3) is 6.43 Å². The van der Waals surface area contributed by atoms with E-state index >= 15 is 0 Å². The van der Waals surface area contributed by atoms with Crippen LogP contribution in [0.5, 0.6) is 5.75 Å². The summed E-state index contributed by atoms with van der Waals surface area (Å²) >= 11 is 1.73.